The van der Waals surface area contributed by atoms with E-state index in [1.165, 1.54) is 12.8 Å². The van der Waals surface area contributed by atoms with Gasteiger partial charge in [-0.15, -0.1) is 0 Å². The van der Waals surface area contributed by atoms with Gasteiger partial charge in [0.1, 0.15) is 5.69 Å². The van der Waals surface area contributed by atoms with Crippen LogP contribution < -0.4 is 0 Å². The van der Waals surface area contributed by atoms with Gasteiger partial charge in [-0.1, -0.05) is 32.6 Å². The molecule has 0 spiro atoms. The molecule has 1 saturated carbocycles. The maximum Gasteiger partial charge on any atom is 0.200 e. The molecular formula is C16H27N3O. The first-order valence-electron chi connectivity index (χ1n) is 7.86. The molecule has 4 nitrogen and oxygen atoms in total. The third-order valence-corrected chi connectivity index (χ3v) is 4.59. The van der Waals surface area contributed by atoms with Gasteiger partial charge >= 0.3 is 0 Å². The third kappa shape index (κ3) is 2.80. The molecule has 0 saturated heterocycles. The van der Waals surface area contributed by atoms with Crippen molar-refractivity contribution in [3.05, 3.63) is 18.0 Å². The maximum atomic E-state index is 13.2. The Morgan fingerprint density at radius 1 is 1.30 bits per heavy atom. The molecule has 1 fully saturated rings. The van der Waals surface area contributed by atoms with Crippen molar-refractivity contribution in [1.82, 2.24) is 14.7 Å². The fourth-order valence-corrected chi connectivity index (χ4v) is 3.34. The number of carbonyl (C=O) groups is 1. The van der Waals surface area contributed by atoms with Crippen molar-refractivity contribution < 1.29 is 4.79 Å². The van der Waals surface area contributed by atoms with Crippen LogP contribution in [0.4, 0.5) is 0 Å². The standard InChI is InChI=1S/C16H27N3O/c1-4-13-19-14(9-12-17-19)15(20)16(18(2)3)10-7-5-6-8-11-16/h9,12H,4-8,10-11,13H2,1-3H3. The van der Waals surface area contributed by atoms with Gasteiger partial charge in [-0.2, -0.15) is 5.10 Å². The Kier molecular flexibility index (Phi) is 4.97. The normalized spacial score (nSPS) is 19.0. The summed E-state index contributed by atoms with van der Waals surface area (Å²) in [5.41, 5.74) is 0.449. The number of Topliss-reactive ketones (excluding diaryl/α,β-unsaturated/α-hetero) is 1. The largest absolute Gasteiger partial charge is 0.297 e. The van der Waals surface area contributed by atoms with E-state index < -0.39 is 0 Å². The Morgan fingerprint density at radius 2 is 1.95 bits per heavy atom. The Bertz CT molecular complexity index is 442. The molecule has 1 aliphatic carbocycles. The molecule has 1 aliphatic rings. The number of ketones is 1. The highest BCUT2D eigenvalue weighted by molar-refractivity contribution is 6.02. The molecule has 1 aromatic rings. The predicted molar refractivity (Wildman–Crippen MR) is 81.0 cm³/mol. The van der Waals surface area contributed by atoms with Gasteiger partial charge in [0.25, 0.3) is 0 Å². The van der Waals surface area contributed by atoms with Gasteiger partial charge in [-0.3, -0.25) is 14.4 Å². The van der Waals surface area contributed by atoms with E-state index in [-0.39, 0.29) is 11.3 Å². The molecule has 0 radical (unpaired) electrons. The van der Waals surface area contributed by atoms with Crippen molar-refractivity contribution in [3.8, 4) is 0 Å². The molecule has 0 unspecified atom stereocenters. The molecular weight excluding hydrogens is 250 g/mol. The summed E-state index contributed by atoms with van der Waals surface area (Å²) >= 11 is 0. The number of carbonyl (C=O) groups excluding carboxylic acids is 1. The first-order chi connectivity index (χ1) is 9.62. The zero-order valence-electron chi connectivity index (χ0n) is 13.1. The molecule has 20 heavy (non-hydrogen) atoms. The first-order valence-corrected chi connectivity index (χ1v) is 7.86. The average Bonchev–Trinajstić information content (AvgIpc) is 2.73. The second-order valence-corrected chi connectivity index (χ2v) is 6.11. The highest BCUT2D eigenvalue weighted by Crippen LogP contribution is 2.34. The van der Waals surface area contributed by atoms with Crippen molar-refractivity contribution >= 4 is 5.78 Å². The molecule has 1 aromatic heterocycles. The lowest BCUT2D eigenvalue weighted by molar-refractivity contribution is 0.0623. The first kappa shape index (κ1) is 15.2. The molecule has 2 rings (SSSR count). The lowest BCUT2D eigenvalue weighted by Crippen LogP contribution is -2.51. The fraction of sp³-hybridized carbons (Fsp3) is 0.750. The SMILES string of the molecule is CCCn1nccc1C(=O)C1(N(C)C)CCCCCC1. The van der Waals surface area contributed by atoms with Gasteiger partial charge in [0.05, 0.1) is 5.54 Å². The van der Waals surface area contributed by atoms with Crippen LogP contribution in [0.5, 0.6) is 0 Å². The fourth-order valence-electron chi connectivity index (χ4n) is 3.34. The van der Waals surface area contributed by atoms with Gasteiger partial charge in [0, 0.05) is 12.7 Å². The predicted octanol–water partition coefficient (Wildman–Crippen LogP) is 3.13. The summed E-state index contributed by atoms with van der Waals surface area (Å²) in [6, 6.07) is 1.88. The number of rotatable bonds is 5. The van der Waals surface area contributed by atoms with Crippen LogP contribution in [0.3, 0.4) is 0 Å². The topological polar surface area (TPSA) is 38.1 Å². The number of nitrogens with zero attached hydrogens (tertiary/aromatic N) is 3. The van der Waals surface area contributed by atoms with E-state index in [0.29, 0.717) is 0 Å². The van der Waals surface area contributed by atoms with E-state index in [2.05, 4.69) is 16.9 Å². The van der Waals surface area contributed by atoms with Gasteiger partial charge in [0.2, 0.25) is 5.78 Å². The van der Waals surface area contributed by atoms with Crippen LogP contribution in [0, 0.1) is 0 Å². The smallest absolute Gasteiger partial charge is 0.200 e. The van der Waals surface area contributed by atoms with E-state index in [9.17, 15) is 4.79 Å². The van der Waals surface area contributed by atoms with E-state index in [1.54, 1.807) is 6.20 Å². The monoisotopic (exact) mass is 277 g/mol. The zero-order chi connectivity index (χ0) is 14.6. The highest BCUT2D eigenvalue weighted by Gasteiger charge is 2.42. The number of likely N-dealkylation sites (N-methyl/N-ethyl adjacent to an activating group) is 1. The number of aromatic nitrogens is 2. The quantitative estimate of drug-likeness (QED) is 0.613. The Balaban J connectivity index is 2.33. The summed E-state index contributed by atoms with van der Waals surface area (Å²) in [6.45, 7) is 2.93. The van der Waals surface area contributed by atoms with Crippen molar-refractivity contribution in [2.45, 2.75) is 64.0 Å². The van der Waals surface area contributed by atoms with Crippen LogP contribution in [-0.4, -0.2) is 40.1 Å². The molecule has 4 heteroatoms. The number of hydrogen-bond acceptors (Lipinski definition) is 3. The van der Waals surface area contributed by atoms with Gasteiger partial charge in [-0.25, -0.2) is 0 Å². The molecule has 0 atom stereocenters. The van der Waals surface area contributed by atoms with Gasteiger partial charge in [0.15, 0.2) is 0 Å². The maximum absolute atomic E-state index is 13.2. The molecule has 0 bridgehead atoms. The van der Waals surface area contributed by atoms with E-state index in [1.807, 2.05) is 24.8 Å². The number of aryl methyl sites for hydroxylation is 1. The van der Waals surface area contributed by atoms with Gasteiger partial charge in [-0.05, 0) is 39.4 Å². The molecule has 112 valence electrons. The summed E-state index contributed by atoms with van der Waals surface area (Å²) in [5.74, 6) is 0.260. The van der Waals surface area contributed by atoms with Crippen molar-refractivity contribution in [2.75, 3.05) is 14.1 Å². The zero-order valence-corrected chi connectivity index (χ0v) is 13.1. The van der Waals surface area contributed by atoms with Crippen LogP contribution in [-0.2, 0) is 6.54 Å². The minimum atomic E-state index is -0.331. The lowest BCUT2D eigenvalue weighted by Gasteiger charge is -2.38. The van der Waals surface area contributed by atoms with Gasteiger partial charge < -0.3 is 0 Å². The van der Waals surface area contributed by atoms with Crippen LogP contribution in [0.1, 0.15) is 62.4 Å². The van der Waals surface area contributed by atoms with E-state index in [0.717, 1.165) is 44.3 Å². The minimum absolute atomic E-state index is 0.260. The Morgan fingerprint density at radius 3 is 2.50 bits per heavy atom. The van der Waals surface area contributed by atoms with E-state index >= 15 is 0 Å². The summed E-state index contributed by atoms with van der Waals surface area (Å²) in [6.07, 6.45) is 9.47. The second kappa shape index (κ2) is 6.53. The van der Waals surface area contributed by atoms with E-state index in [4.69, 9.17) is 0 Å². The third-order valence-electron chi connectivity index (χ3n) is 4.59. The molecule has 1 heterocycles. The highest BCUT2D eigenvalue weighted by atomic mass is 16.1. The second-order valence-electron chi connectivity index (χ2n) is 6.11. The Hall–Kier alpha value is -1.16. The minimum Gasteiger partial charge on any atom is -0.297 e. The summed E-state index contributed by atoms with van der Waals surface area (Å²) in [4.78, 5) is 15.3. The average molecular weight is 277 g/mol. The molecule has 0 aliphatic heterocycles. The molecule has 0 N–H and O–H groups in total. The van der Waals surface area contributed by atoms with Crippen molar-refractivity contribution in [3.63, 3.8) is 0 Å². The van der Waals surface area contributed by atoms with Crippen LogP contribution >= 0.6 is 0 Å². The Labute approximate surface area is 122 Å². The van der Waals surface area contributed by atoms with Crippen molar-refractivity contribution in [2.24, 2.45) is 0 Å². The van der Waals surface area contributed by atoms with Crippen LogP contribution in [0.15, 0.2) is 12.3 Å². The van der Waals surface area contributed by atoms with Crippen LogP contribution in [0.25, 0.3) is 0 Å². The van der Waals surface area contributed by atoms with Crippen molar-refractivity contribution in [1.29, 1.82) is 0 Å². The summed E-state index contributed by atoms with van der Waals surface area (Å²) in [5, 5.41) is 4.31. The lowest BCUT2D eigenvalue weighted by atomic mass is 9.83. The van der Waals surface area contributed by atoms with Crippen LogP contribution in [0.2, 0.25) is 0 Å². The summed E-state index contributed by atoms with van der Waals surface area (Å²) < 4.78 is 1.87. The summed E-state index contributed by atoms with van der Waals surface area (Å²) in [7, 11) is 4.09. The molecule has 0 aromatic carbocycles. The molecule has 0 amide bonds. The number of hydrogen-bond donors (Lipinski definition) is 0.